The Morgan fingerprint density at radius 2 is 2.05 bits per heavy atom. The molecule has 5 heteroatoms. The molecular weight excluding hydrogens is 332 g/mol. The van der Waals surface area contributed by atoms with Crippen molar-refractivity contribution >= 4 is 33.5 Å². The first-order valence-electron chi connectivity index (χ1n) is 5.45. The summed E-state index contributed by atoms with van der Waals surface area (Å²) < 4.78 is 6.47. The highest BCUT2D eigenvalue weighted by Gasteiger charge is 2.15. The van der Waals surface area contributed by atoms with Gasteiger partial charge in [0.1, 0.15) is 17.1 Å². The van der Waals surface area contributed by atoms with E-state index in [-0.39, 0.29) is 5.56 Å². The Balaban J connectivity index is 2.49. The number of benzene rings is 2. The van der Waals surface area contributed by atoms with Gasteiger partial charge in [-0.1, -0.05) is 39.7 Å². The van der Waals surface area contributed by atoms with Crippen molar-refractivity contribution in [3.05, 3.63) is 57.0 Å². The van der Waals surface area contributed by atoms with Crippen LogP contribution in [0.2, 0.25) is 5.02 Å². The quantitative estimate of drug-likeness (QED) is 0.863. The summed E-state index contributed by atoms with van der Waals surface area (Å²) in [5.74, 6) is -0.326. The van der Waals surface area contributed by atoms with Gasteiger partial charge >= 0.3 is 5.97 Å². The predicted octanol–water partition coefficient (Wildman–Crippen LogP) is 4.90. The maximum atomic E-state index is 11.2. The van der Waals surface area contributed by atoms with Crippen LogP contribution in [-0.4, -0.2) is 11.1 Å². The number of hydrogen-bond acceptors (Lipinski definition) is 2. The van der Waals surface area contributed by atoms with Gasteiger partial charge in [0, 0.05) is 4.47 Å². The van der Waals surface area contributed by atoms with Crippen LogP contribution in [0.3, 0.4) is 0 Å². The fourth-order valence-electron chi connectivity index (χ4n) is 1.62. The summed E-state index contributed by atoms with van der Waals surface area (Å²) in [7, 11) is 0. The summed E-state index contributed by atoms with van der Waals surface area (Å²) in [6, 6.07) is 10.1. The number of carboxylic acids is 1. The lowest BCUT2D eigenvalue weighted by Gasteiger charge is -2.12. The van der Waals surface area contributed by atoms with Gasteiger partial charge in [0.15, 0.2) is 0 Å². The van der Waals surface area contributed by atoms with Crippen molar-refractivity contribution < 1.29 is 14.6 Å². The van der Waals surface area contributed by atoms with Crippen LogP contribution in [0.15, 0.2) is 40.9 Å². The molecule has 0 amide bonds. The largest absolute Gasteiger partial charge is 0.478 e. The van der Waals surface area contributed by atoms with E-state index in [1.807, 2.05) is 0 Å². The summed E-state index contributed by atoms with van der Waals surface area (Å²) in [5.41, 5.74) is 0.840. The van der Waals surface area contributed by atoms with E-state index in [1.165, 1.54) is 6.07 Å². The minimum atomic E-state index is -1.04. The Bertz CT molecular complexity index is 641. The zero-order chi connectivity index (χ0) is 14.0. The van der Waals surface area contributed by atoms with Gasteiger partial charge in [-0.25, -0.2) is 4.79 Å². The number of rotatable bonds is 3. The lowest BCUT2D eigenvalue weighted by molar-refractivity contribution is 0.0694. The minimum absolute atomic E-state index is 0.107. The highest BCUT2D eigenvalue weighted by Crippen LogP contribution is 2.35. The average Bonchev–Trinajstić information content (AvgIpc) is 2.35. The molecule has 19 heavy (non-hydrogen) atoms. The molecule has 0 heterocycles. The fourth-order valence-corrected chi connectivity index (χ4v) is 2.12. The van der Waals surface area contributed by atoms with Crippen molar-refractivity contribution in [2.24, 2.45) is 0 Å². The smallest absolute Gasteiger partial charge is 0.339 e. The van der Waals surface area contributed by atoms with E-state index in [2.05, 4.69) is 15.9 Å². The molecule has 0 spiro atoms. The van der Waals surface area contributed by atoms with Crippen molar-refractivity contribution in [2.45, 2.75) is 6.92 Å². The maximum absolute atomic E-state index is 11.2. The number of aryl methyl sites for hydroxylation is 1. The second-order valence-corrected chi connectivity index (χ2v) is 5.26. The summed E-state index contributed by atoms with van der Waals surface area (Å²) in [5, 5.41) is 9.59. The van der Waals surface area contributed by atoms with E-state index in [0.717, 1.165) is 10.0 Å². The lowest BCUT2D eigenvalue weighted by Crippen LogP contribution is -2.01. The maximum Gasteiger partial charge on any atom is 0.339 e. The summed E-state index contributed by atoms with van der Waals surface area (Å²) in [4.78, 5) is 11.2. The number of hydrogen-bond donors (Lipinski definition) is 1. The average molecular weight is 342 g/mol. The Morgan fingerprint density at radius 3 is 2.74 bits per heavy atom. The molecule has 0 aromatic heterocycles. The number of ether oxygens (including phenoxy) is 1. The van der Waals surface area contributed by atoms with Crippen molar-refractivity contribution in [3.8, 4) is 11.5 Å². The Kier molecular flexibility index (Phi) is 4.12. The summed E-state index contributed by atoms with van der Waals surface area (Å²) >= 11 is 9.36. The van der Waals surface area contributed by atoms with E-state index in [0.29, 0.717) is 16.5 Å². The zero-order valence-electron chi connectivity index (χ0n) is 9.98. The second kappa shape index (κ2) is 5.63. The van der Waals surface area contributed by atoms with Crippen LogP contribution in [0.4, 0.5) is 0 Å². The van der Waals surface area contributed by atoms with Gasteiger partial charge in [0.25, 0.3) is 0 Å². The topological polar surface area (TPSA) is 46.5 Å². The van der Waals surface area contributed by atoms with E-state index in [9.17, 15) is 4.79 Å². The van der Waals surface area contributed by atoms with Gasteiger partial charge < -0.3 is 9.84 Å². The van der Waals surface area contributed by atoms with Crippen LogP contribution >= 0.6 is 27.5 Å². The number of carbonyl (C=O) groups is 1. The third kappa shape index (κ3) is 3.08. The monoisotopic (exact) mass is 340 g/mol. The molecule has 0 fully saturated rings. The molecule has 0 aliphatic carbocycles. The Labute approximate surface area is 123 Å². The molecule has 3 nitrogen and oxygen atoms in total. The van der Waals surface area contributed by atoms with Crippen LogP contribution in [0.25, 0.3) is 0 Å². The molecule has 2 aromatic rings. The number of para-hydroxylation sites is 1. The van der Waals surface area contributed by atoms with Crippen molar-refractivity contribution in [2.75, 3.05) is 0 Å². The van der Waals surface area contributed by atoms with Crippen molar-refractivity contribution in [3.63, 3.8) is 0 Å². The van der Waals surface area contributed by atoms with Crippen LogP contribution in [0, 0.1) is 6.92 Å². The molecule has 0 bridgehead atoms. The molecule has 98 valence electrons. The van der Waals surface area contributed by atoms with Crippen LogP contribution in [-0.2, 0) is 0 Å². The van der Waals surface area contributed by atoms with Crippen molar-refractivity contribution in [1.82, 2.24) is 0 Å². The molecule has 0 saturated carbocycles. The van der Waals surface area contributed by atoms with Gasteiger partial charge in [-0.3, -0.25) is 0 Å². The molecule has 0 atom stereocenters. The minimum Gasteiger partial charge on any atom is -0.478 e. The standard InChI is InChI=1S/C14H10BrClO3/c1-8-3-2-4-10(14(17)18)13(8)19-12-7-9(15)5-6-11(12)16/h2-7H,1H3,(H,17,18). The SMILES string of the molecule is Cc1cccc(C(=O)O)c1Oc1cc(Br)ccc1Cl. The molecule has 2 aromatic carbocycles. The second-order valence-electron chi connectivity index (χ2n) is 3.93. The van der Waals surface area contributed by atoms with Crippen LogP contribution in [0.1, 0.15) is 15.9 Å². The summed E-state index contributed by atoms with van der Waals surface area (Å²) in [6.45, 7) is 1.79. The van der Waals surface area contributed by atoms with Crippen LogP contribution < -0.4 is 4.74 Å². The highest BCUT2D eigenvalue weighted by atomic mass is 79.9. The van der Waals surface area contributed by atoms with E-state index < -0.39 is 5.97 Å². The molecule has 0 radical (unpaired) electrons. The molecule has 0 saturated heterocycles. The van der Waals surface area contributed by atoms with E-state index in [4.69, 9.17) is 21.4 Å². The lowest BCUT2D eigenvalue weighted by atomic mass is 10.1. The first-order chi connectivity index (χ1) is 8.99. The molecule has 2 rings (SSSR count). The van der Waals surface area contributed by atoms with Gasteiger partial charge in [0.05, 0.1) is 5.02 Å². The third-order valence-corrected chi connectivity index (χ3v) is 3.35. The molecule has 0 aliphatic rings. The molecule has 0 unspecified atom stereocenters. The Hall–Kier alpha value is -1.52. The molecule has 1 N–H and O–H groups in total. The number of halogens is 2. The number of aromatic carboxylic acids is 1. The Morgan fingerprint density at radius 1 is 1.32 bits per heavy atom. The number of carboxylic acid groups (broad SMARTS) is 1. The van der Waals surface area contributed by atoms with E-state index in [1.54, 1.807) is 37.3 Å². The zero-order valence-corrected chi connectivity index (χ0v) is 12.3. The van der Waals surface area contributed by atoms with Gasteiger partial charge in [-0.2, -0.15) is 0 Å². The van der Waals surface area contributed by atoms with Gasteiger partial charge in [-0.05, 0) is 36.8 Å². The van der Waals surface area contributed by atoms with Crippen LogP contribution in [0.5, 0.6) is 11.5 Å². The first-order valence-corrected chi connectivity index (χ1v) is 6.62. The molecule has 0 aliphatic heterocycles. The summed E-state index contributed by atoms with van der Waals surface area (Å²) in [6.07, 6.45) is 0. The highest BCUT2D eigenvalue weighted by molar-refractivity contribution is 9.10. The van der Waals surface area contributed by atoms with Crippen molar-refractivity contribution in [1.29, 1.82) is 0 Å². The fraction of sp³-hybridized carbons (Fsp3) is 0.0714. The van der Waals surface area contributed by atoms with Gasteiger partial charge in [0.2, 0.25) is 0 Å². The predicted molar refractivity (Wildman–Crippen MR) is 77.4 cm³/mol. The molecular formula is C14H10BrClO3. The van der Waals surface area contributed by atoms with Gasteiger partial charge in [-0.15, -0.1) is 0 Å². The van der Waals surface area contributed by atoms with E-state index >= 15 is 0 Å². The first kappa shape index (κ1) is 13.9. The third-order valence-electron chi connectivity index (χ3n) is 2.55. The normalized spacial score (nSPS) is 10.3.